The summed E-state index contributed by atoms with van der Waals surface area (Å²) in [6.45, 7) is 5.33. The molecule has 190 valence electrons. The number of ether oxygens (including phenoxy) is 1. The minimum absolute atomic E-state index is 0.000748. The maximum atomic E-state index is 13.1. The number of hydrogen-bond acceptors (Lipinski definition) is 6. The number of amides is 2. The number of allylic oxidation sites excluding steroid dienone is 1. The number of unbranched alkanes of at least 4 members (excludes halogenated alkanes) is 1. The molecule has 0 radical (unpaired) electrons. The molecular weight excluding hydrogens is 462 g/mol. The van der Waals surface area contributed by atoms with Crippen molar-refractivity contribution in [1.82, 2.24) is 19.4 Å². The predicted molar refractivity (Wildman–Crippen MR) is 137 cm³/mol. The summed E-state index contributed by atoms with van der Waals surface area (Å²) in [5.74, 6) is -0.178. The highest BCUT2D eigenvalue weighted by Crippen LogP contribution is 2.19. The van der Waals surface area contributed by atoms with Crippen LogP contribution >= 0.6 is 0 Å². The average Bonchev–Trinajstić information content (AvgIpc) is 3.18. The Labute approximate surface area is 209 Å². The minimum Gasteiger partial charge on any atom is -0.443 e. The van der Waals surface area contributed by atoms with E-state index in [9.17, 15) is 19.2 Å². The van der Waals surface area contributed by atoms with Gasteiger partial charge >= 0.3 is 6.09 Å². The number of rotatable bonds is 8. The number of imidazole rings is 1. The highest BCUT2D eigenvalue weighted by molar-refractivity contribution is 5.90. The van der Waals surface area contributed by atoms with Crippen molar-refractivity contribution in [1.29, 1.82) is 0 Å². The van der Waals surface area contributed by atoms with Crippen LogP contribution < -0.4 is 16.2 Å². The molecule has 10 heteroatoms. The van der Waals surface area contributed by atoms with Gasteiger partial charge in [0.2, 0.25) is 11.8 Å². The fourth-order valence-electron chi connectivity index (χ4n) is 3.47. The van der Waals surface area contributed by atoms with Crippen molar-refractivity contribution in [3.05, 3.63) is 70.9 Å². The van der Waals surface area contributed by atoms with Gasteiger partial charge < -0.3 is 19.9 Å². The number of fused-ring (bicyclic) bond motifs is 1. The molecule has 0 aliphatic rings. The summed E-state index contributed by atoms with van der Waals surface area (Å²) in [6, 6.07) is 10.3. The summed E-state index contributed by atoms with van der Waals surface area (Å²) in [5.41, 5.74) is 0.168. The van der Waals surface area contributed by atoms with Crippen LogP contribution in [-0.2, 0) is 20.9 Å². The van der Waals surface area contributed by atoms with E-state index < -0.39 is 17.3 Å². The van der Waals surface area contributed by atoms with E-state index in [1.54, 1.807) is 64.4 Å². The van der Waals surface area contributed by atoms with Crippen molar-refractivity contribution in [2.45, 2.75) is 52.2 Å². The summed E-state index contributed by atoms with van der Waals surface area (Å²) in [7, 11) is 1.54. The molecule has 0 saturated heterocycles. The van der Waals surface area contributed by atoms with Crippen LogP contribution in [0.1, 0.15) is 45.9 Å². The first-order valence-electron chi connectivity index (χ1n) is 11.7. The van der Waals surface area contributed by atoms with Crippen LogP contribution in [0.25, 0.3) is 11.0 Å². The minimum atomic E-state index is -0.709. The molecule has 0 spiro atoms. The number of likely N-dealkylation sites (N-methyl/N-ethyl adjacent to an activating group) is 1. The lowest BCUT2D eigenvalue weighted by Crippen LogP contribution is -2.30. The Morgan fingerprint density at radius 3 is 2.58 bits per heavy atom. The quantitative estimate of drug-likeness (QED) is 0.366. The maximum absolute atomic E-state index is 13.1. The lowest BCUT2D eigenvalue weighted by molar-refractivity contribution is -0.116. The Hall–Kier alpha value is -4.21. The second kappa shape index (κ2) is 11.5. The number of carbonyl (C=O) groups is 3. The van der Waals surface area contributed by atoms with Crippen LogP contribution in [0.15, 0.2) is 59.5 Å². The Balaban J connectivity index is 1.77. The van der Waals surface area contributed by atoms with Gasteiger partial charge in [0.1, 0.15) is 17.1 Å². The van der Waals surface area contributed by atoms with Gasteiger partial charge in [-0.1, -0.05) is 18.2 Å². The Kier molecular flexibility index (Phi) is 8.42. The first-order valence-corrected chi connectivity index (χ1v) is 11.7. The van der Waals surface area contributed by atoms with Gasteiger partial charge in [0.25, 0.3) is 5.56 Å². The van der Waals surface area contributed by atoms with E-state index in [4.69, 9.17) is 4.74 Å². The van der Waals surface area contributed by atoms with Crippen molar-refractivity contribution >= 4 is 34.6 Å². The molecule has 0 aliphatic carbocycles. The third kappa shape index (κ3) is 6.91. The normalized spacial score (nSPS) is 11.6. The van der Waals surface area contributed by atoms with Crippen molar-refractivity contribution in [3.63, 3.8) is 0 Å². The molecule has 2 heterocycles. The van der Waals surface area contributed by atoms with Gasteiger partial charge in [0.15, 0.2) is 0 Å². The van der Waals surface area contributed by atoms with Gasteiger partial charge in [-0.3, -0.25) is 14.4 Å². The highest BCUT2D eigenvalue weighted by atomic mass is 16.6. The van der Waals surface area contributed by atoms with Crippen LogP contribution in [0.4, 0.5) is 10.5 Å². The van der Waals surface area contributed by atoms with E-state index in [0.717, 1.165) is 0 Å². The van der Waals surface area contributed by atoms with E-state index in [1.807, 2.05) is 6.07 Å². The van der Waals surface area contributed by atoms with Crippen molar-refractivity contribution in [2.24, 2.45) is 0 Å². The third-order valence-corrected chi connectivity index (χ3v) is 5.10. The highest BCUT2D eigenvalue weighted by Gasteiger charge is 2.23. The van der Waals surface area contributed by atoms with Gasteiger partial charge in [-0.05, 0) is 64.0 Å². The predicted octanol–water partition coefficient (Wildman–Crippen LogP) is 3.44. The molecule has 1 aromatic carbocycles. The van der Waals surface area contributed by atoms with E-state index in [1.165, 1.54) is 21.3 Å². The van der Waals surface area contributed by atoms with Gasteiger partial charge in [-0.25, -0.2) is 14.3 Å². The molecule has 3 rings (SSSR count). The third-order valence-electron chi connectivity index (χ3n) is 5.10. The lowest BCUT2D eigenvalue weighted by atomic mass is 10.2. The number of pyridine rings is 1. The summed E-state index contributed by atoms with van der Waals surface area (Å²) in [4.78, 5) is 54.1. The van der Waals surface area contributed by atoms with E-state index in [2.05, 4.69) is 15.6 Å². The zero-order valence-corrected chi connectivity index (χ0v) is 20.9. The average molecular weight is 494 g/mol. The molecule has 0 unspecified atom stereocenters. The number of hydrogen-bond donors (Lipinski definition) is 2. The molecule has 2 N–H and O–H groups in total. The summed E-state index contributed by atoms with van der Waals surface area (Å²) < 4.78 is 8.31. The zero-order chi connectivity index (χ0) is 26.3. The largest absolute Gasteiger partial charge is 0.443 e. The van der Waals surface area contributed by atoms with Gasteiger partial charge in [-0.15, -0.1) is 0 Å². The van der Waals surface area contributed by atoms with Gasteiger partial charge in [0, 0.05) is 19.7 Å². The van der Waals surface area contributed by atoms with Gasteiger partial charge in [-0.2, -0.15) is 0 Å². The first kappa shape index (κ1) is 26.4. The molecule has 10 nitrogen and oxygen atoms in total. The van der Waals surface area contributed by atoms with E-state index in [-0.39, 0.29) is 30.5 Å². The van der Waals surface area contributed by atoms with Gasteiger partial charge in [0.05, 0.1) is 17.6 Å². The number of para-hydroxylation sites is 2. The topological polar surface area (TPSA) is 124 Å². The smallest absolute Gasteiger partial charge is 0.420 e. The molecule has 36 heavy (non-hydrogen) atoms. The standard InChI is InChI=1S/C26H31N5O5/c1-26(2,3)36-25(35)31-20-13-9-8-11-18(20)28-21(31)17-30-16-10-12-19(24(30)34)29-23(33)15-7-5-6-14-22(32)27-4/h6,8-14,16H,5,7,15,17H2,1-4H3,(H,27,32)(H,29,33)/b14-6+. The molecule has 0 saturated carbocycles. The Morgan fingerprint density at radius 2 is 1.86 bits per heavy atom. The monoisotopic (exact) mass is 493 g/mol. The summed E-state index contributed by atoms with van der Waals surface area (Å²) in [6.07, 6.45) is 5.37. The second-order valence-electron chi connectivity index (χ2n) is 9.14. The number of aromatic nitrogens is 3. The number of benzene rings is 1. The number of nitrogens with zero attached hydrogens (tertiary/aromatic N) is 3. The number of carbonyl (C=O) groups excluding carboxylic acids is 3. The second-order valence-corrected chi connectivity index (χ2v) is 9.14. The first-order chi connectivity index (χ1) is 17.1. The Bertz CT molecular complexity index is 1350. The van der Waals surface area contributed by atoms with Crippen molar-refractivity contribution in [2.75, 3.05) is 12.4 Å². The molecule has 0 aliphatic heterocycles. The number of anilines is 1. The molecular formula is C26H31N5O5. The summed E-state index contributed by atoms with van der Waals surface area (Å²) in [5, 5.41) is 5.13. The molecule has 0 atom stereocenters. The van der Waals surface area contributed by atoms with Crippen LogP contribution in [0.5, 0.6) is 0 Å². The van der Waals surface area contributed by atoms with Crippen LogP contribution in [0.2, 0.25) is 0 Å². The van der Waals surface area contributed by atoms with E-state index in [0.29, 0.717) is 29.7 Å². The zero-order valence-electron chi connectivity index (χ0n) is 20.9. The molecule has 2 amide bonds. The lowest BCUT2D eigenvalue weighted by Gasteiger charge is -2.20. The van der Waals surface area contributed by atoms with Crippen molar-refractivity contribution < 1.29 is 19.1 Å². The summed E-state index contributed by atoms with van der Waals surface area (Å²) >= 11 is 0. The Morgan fingerprint density at radius 1 is 1.11 bits per heavy atom. The van der Waals surface area contributed by atoms with Crippen LogP contribution in [-0.4, -0.2) is 44.7 Å². The maximum Gasteiger partial charge on any atom is 0.420 e. The number of nitrogens with one attached hydrogen (secondary N) is 2. The molecule has 2 aromatic heterocycles. The fourth-order valence-corrected chi connectivity index (χ4v) is 3.47. The van der Waals surface area contributed by atoms with Crippen LogP contribution in [0, 0.1) is 0 Å². The van der Waals surface area contributed by atoms with E-state index >= 15 is 0 Å². The van der Waals surface area contributed by atoms with Crippen molar-refractivity contribution in [3.8, 4) is 0 Å². The molecule has 0 bridgehead atoms. The fraction of sp³-hybridized carbons (Fsp3) is 0.346. The molecule has 0 fully saturated rings. The molecule has 3 aromatic rings. The SMILES string of the molecule is CNC(=O)/C=C/CCCC(=O)Nc1cccn(Cc2nc3ccccc3n2C(=O)OC(C)(C)C)c1=O. The van der Waals surface area contributed by atoms with Crippen LogP contribution in [0.3, 0.4) is 0 Å².